The van der Waals surface area contributed by atoms with Crippen LogP contribution in [0.4, 0.5) is 17.6 Å². The van der Waals surface area contributed by atoms with E-state index in [4.69, 9.17) is 0 Å². The van der Waals surface area contributed by atoms with Crippen molar-refractivity contribution in [2.24, 2.45) is 0 Å². The van der Waals surface area contributed by atoms with Gasteiger partial charge in [-0.2, -0.15) is 17.6 Å². The molecule has 1 heterocycles. The summed E-state index contributed by atoms with van der Waals surface area (Å²) in [5.41, 5.74) is 0.780. The molecule has 0 amide bonds. The average Bonchev–Trinajstić information content (AvgIpc) is 2.39. The molecule has 1 atom stereocenters. The van der Waals surface area contributed by atoms with Crippen molar-refractivity contribution in [1.29, 1.82) is 0 Å². The Morgan fingerprint density at radius 3 is 2.68 bits per heavy atom. The molecule has 2 rings (SSSR count). The third-order valence-corrected chi connectivity index (χ3v) is 3.08. The maximum atomic E-state index is 12.8. The van der Waals surface area contributed by atoms with Gasteiger partial charge in [0.15, 0.2) is 0 Å². The van der Waals surface area contributed by atoms with Gasteiger partial charge < -0.3 is 10.1 Å². The second-order valence-electron chi connectivity index (χ2n) is 4.54. The van der Waals surface area contributed by atoms with E-state index < -0.39 is 12.5 Å². The van der Waals surface area contributed by atoms with Crippen molar-refractivity contribution < 1.29 is 22.3 Å². The van der Waals surface area contributed by atoms with Crippen LogP contribution < -0.4 is 10.1 Å². The lowest BCUT2D eigenvalue weighted by Gasteiger charge is -2.24. The van der Waals surface area contributed by atoms with Gasteiger partial charge in [0.25, 0.3) is 0 Å². The molecule has 1 N–H and O–H groups in total. The van der Waals surface area contributed by atoms with Gasteiger partial charge >= 0.3 is 12.5 Å². The Balaban J connectivity index is 2.10. The summed E-state index contributed by atoms with van der Waals surface area (Å²) in [6, 6.07) is 6.01. The third kappa shape index (κ3) is 3.59. The second kappa shape index (κ2) is 5.77. The van der Waals surface area contributed by atoms with Crippen LogP contribution in [0.1, 0.15) is 30.9 Å². The van der Waals surface area contributed by atoms with Gasteiger partial charge in [0, 0.05) is 6.04 Å². The molecule has 0 spiro atoms. The first-order valence-corrected chi connectivity index (χ1v) is 6.17. The van der Waals surface area contributed by atoms with E-state index in [1.807, 2.05) is 0 Å². The fourth-order valence-electron chi connectivity index (χ4n) is 2.13. The summed E-state index contributed by atoms with van der Waals surface area (Å²) in [5, 5.41) is 3.26. The number of hydrogen-bond donors (Lipinski definition) is 1. The molecule has 0 saturated carbocycles. The molecule has 0 radical (unpaired) electrons. The Kier molecular flexibility index (Phi) is 4.29. The number of rotatable bonds is 4. The fourth-order valence-corrected chi connectivity index (χ4v) is 2.13. The predicted molar refractivity (Wildman–Crippen MR) is 62.6 cm³/mol. The predicted octanol–water partition coefficient (Wildman–Crippen LogP) is 3.74. The van der Waals surface area contributed by atoms with E-state index in [-0.39, 0.29) is 11.8 Å². The number of hydrogen-bond acceptors (Lipinski definition) is 2. The highest BCUT2D eigenvalue weighted by Gasteiger charge is 2.44. The number of halogens is 4. The molecule has 1 fully saturated rings. The zero-order valence-corrected chi connectivity index (χ0v) is 10.2. The molecule has 106 valence electrons. The van der Waals surface area contributed by atoms with Crippen molar-refractivity contribution in [3.05, 3.63) is 29.8 Å². The van der Waals surface area contributed by atoms with Gasteiger partial charge in [0.2, 0.25) is 0 Å². The SMILES string of the molecule is FC(F)C(F)(F)Oc1cccc([C@@H]2CCCCN2)c1. The highest BCUT2D eigenvalue weighted by Crippen LogP contribution is 2.30. The standard InChI is InChI=1S/C13H15F4NO/c14-12(15)13(16,17)19-10-5-3-4-9(8-10)11-6-1-2-7-18-11/h3-5,8,11-12,18H,1-2,6-7H2/t11-/m0/s1. The Bertz CT molecular complexity index is 419. The summed E-state index contributed by atoms with van der Waals surface area (Å²) in [5.74, 6) is -0.241. The summed E-state index contributed by atoms with van der Waals surface area (Å²) in [7, 11) is 0. The number of ether oxygens (including phenoxy) is 1. The van der Waals surface area contributed by atoms with E-state index in [0.717, 1.165) is 31.4 Å². The zero-order valence-electron chi connectivity index (χ0n) is 10.2. The molecule has 0 unspecified atom stereocenters. The van der Waals surface area contributed by atoms with E-state index in [0.29, 0.717) is 0 Å². The van der Waals surface area contributed by atoms with E-state index in [1.54, 1.807) is 6.07 Å². The molecule has 0 aromatic heterocycles. The largest absolute Gasteiger partial charge is 0.461 e. The third-order valence-electron chi connectivity index (χ3n) is 3.08. The molecule has 1 saturated heterocycles. The lowest BCUT2D eigenvalue weighted by atomic mass is 9.97. The number of piperidine rings is 1. The Morgan fingerprint density at radius 2 is 2.05 bits per heavy atom. The molecule has 6 heteroatoms. The minimum absolute atomic E-state index is 0.0671. The Hall–Kier alpha value is -1.30. The molecule has 1 aromatic carbocycles. The first-order valence-electron chi connectivity index (χ1n) is 6.17. The van der Waals surface area contributed by atoms with Gasteiger partial charge in [-0.15, -0.1) is 0 Å². The normalized spacial score (nSPS) is 20.6. The second-order valence-corrected chi connectivity index (χ2v) is 4.54. The van der Waals surface area contributed by atoms with Gasteiger partial charge in [0.05, 0.1) is 0 Å². The monoisotopic (exact) mass is 277 g/mol. The number of alkyl halides is 4. The van der Waals surface area contributed by atoms with Gasteiger partial charge in [0.1, 0.15) is 5.75 Å². The maximum Gasteiger partial charge on any atom is 0.461 e. The molecule has 1 aliphatic rings. The van der Waals surface area contributed by atoms with Gasteiger partial charge in [-0.25, -0.2) is 0 Å². The van der Waals surface area contributed by atoms with Crippen LogP contribution in [-0.4, -0.2) is 19.1 Å². The topological polar surface area (TPSA) is 21.3 Å². The van der Waals surface area contributed by atoms with Crippen molar-refractivity contribution in [3.8, 4) is 5.75 Å². The summed E-state index contributed by atoms with van der Waals surface area (Å²) in [4.78, 5) is 0. The highest BCUT2D eigenvalue weighted by atomic mass is 19.3. The van der Waals surface area contributed by atoms with Crippen molar-refractivity contribution in [2.45, 2.75) is 37.8 Å². The lowest BCUT2D eigenvalue weighted by molar-refractivity contribution is -0.253. The first-order chi connectivity index (χ1) is 8.99. The van der Waals surface area contributed by atoms with E-state index in [2.05, 4.69) is 10.1 Å². The molecule has 1 aromatic rings. The van der Waals surface area contributed by atoms with Crippen molar-refractivity contribution in [1.82, 2.24) is 5.32 Å². The smallest absolute Gasteiger partial charge is 0.428 e. The lowest BCUT2D eigenvalue weighted by Crippen LogP contribution is -2.33. The molecule has 1 aliphatic heterocycles. The number of benzene rings is 1. The minimum Gasteiger partial charge on any atom is -0.428 e. The van der Waals surface area contributed by atoms with Crippen LogP contribution in [0.5, 0.6) is 5.75 Å². The van der Waals surface area contributed by atoms with Gasteiger partial charge in [-0.1, -0.05) is 18.6 Å². The quantitative estimate of drug-likeness (QED) is 0.846. The maximum absolute atomic E-state index is 12.8. The van der Waals surface area contributed by atoms with Crippen LogP contribution in [0, 0.1) is 0 Å². The van der Waals surface area contributed by atoms with E-state index in [1.165, 1.54) is 18.2 Å². The average molecular weight is 277 g/mol. The molecule has 0 aliphatic carbocycles. The fraction of sp³-hybridized carbons (Fsp3) is 0.538. The number of nitrogens with one attached hydrogen (secondary N) is 1. The van der Waals surface area contributed by atoms with Crippen LogP contribution in [0.2, 0.25) is 0 Å². The van der Waals surface area contributed by atoms with Crippen molar-refractivity contribution in [2.75, 3.05) is 6.54 Å². The van der Waals surface area contributed by atoms with Crippen LogP contribution in [-0.2, 0) is 0 Å². The first kappa shape index (κ1) is 14.1. The van der Waals surface area contributed by atoms with Gasteiger partial charge in [-0.3, -0.25) is 0 Å². The summed E-state index contributed by atoms with van der Waals surface area (Å²) in [6.07, 6.45) is -5.27. The molecular formula is C13H15F4NO. The van der Waals surface area contributed by atoms with Gasteiger partial charge in [-0.05, 0) is 37.1 Å². The van der Waals surface area contributed by atoms with Crippen LogP contribution in [0.3, 0.4) is 0 Å². The Labute approximate surface area is 108 Å². The summed E-state index contributed by atoms with van der Waals surface area (Å²) < 4.78 is 53.9. The Morgan fingerprint density at radius 1 is 1.26 bits per heavy atom. The van der Waals surface area contributed by atoms with Crippen molar-refractivity contribution in [3.63, 3.8) is 0 Å². The molecule has 0 bridgehead atoms. The minimum atomic E-state index is -4.46. The van der Waals surface area contributed by atoms with Crippen molar-refractivity contribution >= 4 is 0 Å². The highest BCUT2D eigenvalue weighted by molar-refractivity contribution is 5.31. The summed E-state index contributed by atoms with van der Waals surface area (Å²) in [6.45, 7) is 0.864. The van der Waals surface area contributed by atoms with Crippen LogP contribution >= 0.6 is 0 Å². The summed E-state index contributed by atoms with van der Waals surface area (Å²) >= 11 is 0. The molecule has 19 heavy (non-hydrogen) atoms. The molecular weight excluding hydrogens is 262 g/mol. The van der Waals surface area contributed by atoms with E-state index in [9.17, 15) is 17.6 Å². The molecule has 2 nitrogen and oxygen atoms in total. The zero-order chi connectivity index (χ0) is 13.9. The van der Waals surface area contributed by atoms with Crippen LogP contribution in [0.15, 0.2) is 24.3 Å². The van der Waals surface area contributed by atoms with Crippen LogP contribution in [0.25, 0.3) is 0 Å². The van der Waals surface area contributed by atoms with E-state index >= 15 is 0 Å².